The Labute approximate surface area is 131 Å². The second kappa shape index (κ2) is 7.47. The van der Waals surface area contributed by atoms with Gasteiger partial charge in [0.2, 0.25) is 0 Å². The van der Waals surface area contributed by atoms with Crippen LogP contribution in [0.25, 0.3) is 0 Å². The number of nitrogens with zero attached hydrogens (tertiary/aromatic N) is 1. The summed E-state index contributed by atoms with van der Waals surface area (Å²) < 4.78 is 4.77. The third kappa shape index (κ3) is 3.70. The number of methoxy groups -OCH3 is 1. The summed E-state index contributed by atoms with van der Waals surface area (Å²) in [6, 6.07) is 0. The third-order valence-corrected chi connectivity index (χ3v) is 4.00. The topological polar surface area (TPSA) is 72.8 Å². The van der Waals surface area contributed by atoms with Crippen LogP contribution < -0.4 is 0 Å². The summed E-state index contributed by atoms with van der Waals surface area (Å²) in [7, 11) is 1.26. The first-order valence-electron chi connectivity index (χ1n) is 7.58. The molecule has 1 aliphatic rings. The molecule has 0 aromatic rings. The van der Waals surface area contributed by atoms with Crippen molar-refractivity contribution >= 4 is 23.2 Å². The standard InChI is InChI=1S/C17H25NO4/c1-6-8-12(19)13-11(18-9-7-2)10-17(3,4)14(15(13)20)16(21)22-5/h7,13-14H,2,6,8-10H2,1,3-5H3/t13-,14-/m0/s1. The number of carbonyl (C=O) groups is 3. The van der Waals surface area contributed by atoms with Gasteiger partial charge in [0.15, 0.2) is 5.78 Å². The molecule has 0 aromatic carbocycles. The Balaban J connectivity index is 3.28. The zero-order valence-electron chi connectivity index (χ0n) is 13.8. The molecule has 5 heteroatoms. The van der Waals surface area contributed by atoms with E-state index in [1.54, 1.807) is 6.08 Å². The fraction of sp³-hybridized carbons (Fsp3) is 0.647. The van der Waals surface area contributed by atoms with E-state index in [4.69, 9.17) is 4.74 Å². The maximum absolute atomic E-state index is 12.8. The van der Waals surface area contributed by atoms with Crippen LogP contribution in [0.15, 0.2) is 17.6 Å². The fourth-order valence-corrected chi connectivity index (χ4v) is 3.00. The summed E-state index contributed by atoms with van der Waals surface area (Å²) in [6.07, 6.45) is 3.01. The molecule has 1 rings (SSSR count). The van der Waals surface area contributed by atoms with Crippen molar-refractivity contribution in [1.82, 2.24) is 0 Å². The van der Waals surface area contributed by atoms with Crippen molar-refractivity contribution in [2.75, 3.05) is 13.7 Å². The first-order chi connectivity index (χ1) is 10.3. The van der Waals surface area contributed by atoms with Crippen LogP contribution in [0.2, 0.25) is 0 Å². The molecule has 1 fully saturated rings. The van der Waals surface area contributed by atoms with Crippen molar-refractivity contribution in [3.8, 4) is 0 Å². The van der Waals surface area contributed by atoms with E-state index in [-0.39, 0.29) is 11.6 Å². The number of aliphatic imine (C=N–C) groups is 1. The molecule has 0 spiro atoms. The molecule has 2 atom stereocenters. The molecular formula is C17H25NO4. The molecule has 1 saturated carbocycles. The Morgan fingerprint density at radius 3 is 2.59 bits per heavy atom. The Bertz CT molecular complexity index is 505. The van der Waals surface area contributed by atoms with Crippen LogP contribution in [-0.4, -0.2) is 36.9 Å². The molecule has 0 aromatic heterocycles. The van der Waals surface area contributed by atoms with Gasteiger partial charge in [-0.3, -0.25) is 19.4 Å². The number of rotatable bonds is 6. The predicted molar refractivity (Wildman–Crippen MR) is 84.8 cm³/mol. The minimum absolute atomic E-state index is 0.167. The van der Waals surface area contributed by atoms with Crippen LogP contribution in [-0.2, 0) is 19.1 Å². The van der Waals surface area contributed by atoms with E-state index in [9.17, 15) is 14.4 Å². The van der Waals surface area contributed by atoms with E-state index < -0.39 is 23.2 Å². The minimum Gasteiger partial charge on any atom is -0.468 e. The maximum atomic E-state index is 12.8. The summed E-state index contributed by atoms with van der Waals surface area (Å²) in [4.78, 5) is 41.6. The monoisotopic (exact) mass is 307 g/mol. The highest BCUT2D eigenvalue weighted by Crippen LogP contribution is 2.41. The number of hydrogen-bond donors (Lipinski definition) is 0. The number of ether oxygens (including phenoxy) is 1. The van der Waals surface area contributed by atoms with Gasteiger partial charge in [-0.1, -0.05) is 26.8 Å². The largest absolute Gasteiger partial charge is 0.468 e. The third-order valence-electron chi connectivity index (χ3n) is 4.00. The van der Waals surface area contributed by atoms with Crippen LogP contribution in [0.5, 0.6) is 0 Å². The predicted octanol–water partition coefficient (Wildman–Crippen LogP) is 2.39. The van der Waals surface area contributed by atoms with Gasteiger partial charge < -0.3 is 4.74 Å². The quantitative estimate of drug-likeness (QED) is 0.429. The molecule has 0 aliphatic heterocycles. The van der Waals surface area contributed by atoms with E-state index in [1.165, 1.54) is 7.11 Å². The number of ketones is 2. The van der Waals surface area contributed by atoms with Crippen LogP contribution in [0.1, 0.15) is 40.0 Å². The van der Waals surface area contributed by atoms with Crippen molar-refractivity contribution in [3.63, 3.8) is 0 Å². The molecule has 0 heterocycles. The summed E-state index contributed by atoms with van der Waals surface area (Å²) in [6.45, 7) is 9.51. The van der Waals surface area contributed by atoms with Gasteiger partial charge in [0, 0.05) is 12.1 Å². The Morgan fingerprint density at radius 2 is 2.09 bits per heavy atom. The number of hydrogen-bond acceptors (Lipinski definition) is 5. The lowest BCUT2D eigenvalue weighted by atomic mass is 9.62. The number of carbonyl (C=O) groups excluding carboxylic acids is 3. The molecule has 0 saturated heterocycles. The summed E-state index contributed by atoms with van der Waals surface area (Å²) in [5.74, 6) is -2.97. The zero-order valence-corrected chi connectivity index (χ0v) is 13.8. The van der Waals surface area contributed by atoms with Crippen molar-refractivity contribution in [1.29, 1.82) is 0 Å². The molecule has 22 heavy (non-hydrogen) atoms. The van der Waals surface area contributed by atoms with Crippen LogP contribution >= 0.6 is 0 Å². The van der Waals surface area contributed by atoms with Gasteiger partial charge in [-0.2, -0.15) is 0 Å². The van der Waals surface area contributed by atoms with E-state index in [0.717, 1.165) is 0 Å². The van der Waals surface area contributed by atoms with E-state index in [1.807, 2.05) is 20.8 Å². The lowest BCUT2D eigenvalue weighted by Gasteiger charge is -2.39. The second-order valence-corrected chi connectivity index (χ2v) is 6.29. The smallest absolute Gasteiger partial charge is 0.316 e. The normalized spacial score (nSPS) is 25.8. The first-order valence-corrected chi connectivity index (χ1v) is 7.58. The second-order valence-electron chi connectivity index (χ2n) is 6.29. The average molecular weight is 307 g/mol. The number of esters is 1. The Kier molecular flexibility index (Phi) is 6.21. The SMILES string of the molecule is C=CCN=C1CC(C)(C)[C@H](C(=O)OC)C(=O)[C@@H]1C(=O)CCC. The van der Waals surface area contributed by atoms with Gasteiger partial charge in [0.05, 0.1) is 13.7 Å². The lowest BCUT2D eigenvalue weighted by molar-refractivity contribution is -0.156. The highest BCUT2D eigenvalue weighted by Gasteiger charge is 2.52. The minimum atomic E-state index is -0.925. The molecule has 0 amide bonds. The molecule has 0 radical (unpaired) electrons. The van der Waals surface area contributed by atoms with Gasteiger partial charge in [-0.25, -0.2) is 0 Å². The molecule has 1 aliphatic carbocycles. The van der Waals surface area contributed by atoms with Gasteiger partial charge in [0.25, 0.3) is 0 Å². The Morgan fingerprint density at radius 1 is 1.45 bits per heavy atom. The van der Waals surface area contributed by atoms with Gasteiger partial charge >= 0.3 is 5.97 Å². The van der Waals surface area contributed by atoms with E-state index in [2.05, 4.69) is 11.6 Å². The van der Waals surface area contributed by atoms with Crippen LogP contribution in [0.4, 0.5) is 0 Å². The highest BCUT2D eigenvalue weighted by atomic mass is 16.5. The number of Topliss-reactive ketones (excluding diaryl/α,β-unsaturated/α-hetero) is 2. The van der Waals surface area contributed by atoms with Gasteiger partial charge in [-0.15, -0.1) is 6.58 Å². The van der Waals surface area contributed by atoms with Crippen molar-refractivity contribution in [2.24, 2.45) is 22.2 Å². The molecule has 0 N–H and O–H groups in total. The van der Waals surface area contributed by atoms with Crippen LogP contribution in [0.3, 0.4) is 0 Å². The van der Waals surface area contributed by atoms with E-state index >= 15 is 0 Å². The molecule has 122 valence electrons. The Hall–Kier alpha value is -1.78. The van der Waals surface area contributed by atoms with E-state index in [0.29, 0.717) is 31.5 Å². The first kappa shape index (κ1) is 18.3. The van der Waals surface area contributed by atoms with Crippen molar-refractivity contribution in [2.45, 2.75) is 40.0 Å². The summed E-state index contributed by atoms with van der Waals surface area (Å²) >= 11 is 0. The fourth-order valence-electron chi connectivity index (χ4n) is 3.00. The van der Waals surface area contributed by atoms with Gasteiger partial charge in [0.1, 0.15) is 17.6 Å². The molecule has 5 nitrogen and oxygen atoms in total. The van der Waals surface area contributed by atoms with Crippen molar-refractivity contribution < 1.29 is 19.1 Å². The summed E-state index contributed by atoms with van der Waals surface area (Å²) in [5.41, 5.74) is -0.0545. The lowest BCUT2D eigenvalue weighted by Crippen LogP contribution is -2.52. The van der Waals surface area contributed by atoms with Gasteiger partial charge in [-0.05, 0) is 18.3 Å². The zero-order chi connectivity index (χ0) is 16.9. The molecule has 0 unspecified atom stereocenters. The average Bonchev–Trinajstić information content (AvgIpc) is 2.43. The summed E-state index contributed by atoms with van der Waals surface area (Å²) in [5, 5.41) is 0. The van der Waals surface area contributed by atoms with Crippen LogP contribution in [0, 0.1) is 17.3 Å². The maximum Gasteiger partial charge on any atom is 0.316 e. The highest BCUT2D eigenvalue weighted by molar-refractivity contribution is 6.26. The molecule has 0 bridgehead atoms. The van der Waals surface area contributed by atoms with Crippen molar-refractivity contribution in [3.05, 3.63) is 12.7 Å². The molecular weight excluding hydrogens is 282 g/mol.